The van der Waals surface area contributed by atoms with E-state index in [0.29, 0.717) is 39.3 Å². The van der Waals surface area contributed by atoms with Crippen molar-refractivity contribution in [2.24, 2.45) is 0 Å². The lowest BCUT2D eigenvalue weighted by Gasteiger charge is -2.31. The third-order valence-electron chi connectivity index (χ3n) is 4.54. The van der Waals surface area contributed by atoms with Crippen molar-refractivity contribution in [3.8, 4) is 5.75 Å². The third-order valence-corrected chi connectivity index (χ3v) is 5.91. The van der Waals surface area contributed by atoms with Gasteiger partial charge in [-0.15, -0.1) is 0 Å². The highest BCUT2D eigenvalue weighted by atomic mass is 79.9. The average molecular weight is 551 g/mol. The highest BCUT2D eigenvalue weighted by Gasteiger charge is 2.29. The van der Waals surface area contributed by atoms with Crippen LogP contribution in [-0.2, 0) is 16.1 Å². The predicted octanol–water partition coefficient (Wildman–Crippen LogP) is 6.12. The lowest BCUT2D eigenvalue weighted by molar-refractivity contribution is -0.143. The summed E-state index contributed by atoms with van der Waals surface area (Å²) in [6, 6.07) is 9.50. The van der Waals surface area contributed by atoms with Gasteiger partial charge in [-0.3, -0.25) is 9.59 Å². The van der Waals surface area contributed by atoms with E-state index in [-0.39, 0.29) is 25.0 Å². The first-order chi connectivity index (χ1) is 14.8. The fourth-order valence-corrected chi connectivity index (χ4v) is 4.13. The lowest BCUT2D eigenvalue weighted by Crippen LogP contribution is -2.50. The van der Waals surface area contributed by atoms with Gasteiger partial charge in [0.2, 0.25) is 5.91 Å². The van der Waals surface area contributed by atoms with Gasteiger partial charge in [-0.2, -0.15) is 0 Å². The summed E-state index contributed by atoms with van der Waals surface area (Å²) in [5.74, 6) is -0.195. The van der Waals surface area contributed by atoms with Crippen LogP contribution in [0.25, 0.3) is 0 Å². The van der Waals surface area contributed by atoms with Crippen molar-refractivity contribution in [2.75, 3.05) is 13.2 Å². The molecule has 2 rings (SSSR count). The van der Waals surface area contributed by atoms with E-state index in [1.54, 1.807) is 36.4 Å². The van der Waals surface area contributed by atoms with Gasteiger partial charge in [0.05, 0.1) is 5.02 Å². The summed E-state index contributed by atoms with van der Waals surface area (Å²) < 4.78 is 6.45. The minimum Gasteiger partial charge on any atom is -0.482 e. The normalized spacial score (nSPS) is 11.7. The summed E-state index contributed by atoms with van der Waals surface area (Å²) in [6.45, 7) is 4.22. The third kappa shape index (κ3) is 7.56. The topological polar surface area (TPSA) is 58.6 Å². The van der Waals surface area contributed by atoms with E-state index in [1.807, 2.05) is 13.8 Å². The second-order valence-corrected chi connectivity index (χ2v) is 9.00. The number of nitrogens with zero attached hydrogens (tertiary/aromatic N) is 1. The number of amides is 2. The second kappa shape index (κ2) is 12.5. The molecule has 0 fully saturated rings. The molecule has 0 aliphatic heterocycles. The predicted molar refractivity (Wildman–Crippen MR) is 129 cm³/mol. The largest absolute Gasteiger partial charge is 0.482 e. The van der Waals surface area contributed by atoms with Crippen LogP contribution in [0.2, 0.25) is 15.1 Å². The van der Waals surface area contributed by atoms with E-state index in [0.717, 1.165) is 10.9 Å². The summed E-state index contributed by atoms with van der Waals surface area (Å²) in [5, 5.41) is 4.16. The van der Waals surface area contributed by atoms with E-state index < -0.39 is 6.04 Å². The summed E-state index contributed by atoms with van der Waals surface area (Å²) in [7, 11) is 0. The van der Waals surface area contributed by atoms with Crippen LogP contribution >= 0.6 is 50.7 Å². The summed E-state index contributed by atoms with van der Waals surface area (Å²) in [5.41, 5.74) is 0.683. The molecular formula is C22H24BrCl3N2O3. The van der Waals surface area contributed by atoms with Gasteiger partial charge in [0.25, 0.3) is 5.91 Å². The van der Waals surface area contributed by atoms with Gasteiger partial charge < -0.3 is 15.0 Å². The Bertz CT molecular complexity index is 927. The quantitative estimate of drug-likeness (QED) is 0.388. The maximum absolute atomic E-state index is 13.2. The molecular weight excluding hydrogens is 527 g/mol. The molecule has 0 aliphatic rings. The van der Waals surface area contributed by atoms with Gasteiger partial charge in [-0.25, -0.2) is 0 Å². The number of halogens is 4. The van der Waals surface area contributed by atoms with Crippen LogP contribution in [0.3, 0.4) is 0 Å². The Balaban J connectivity index is 2.25. The zero-order valence-electron chi connectivity index (χ0n) is 17.3. The molecule has 0 aliphatic carbocycles. The van der Waals surface area contributed by atoms with Gasteiger partial charge in [0.1, 0.15) is 11.8 Å². The number of carbonyl (C=O) groups is 2. The molecule has 0 unspecified atom stereocenters. The maximum Gasteiger partial charge on any atom is 0.261 e. The average Bonchev–Trinajstić information content (AvgIpc) is 2.72. The molecule has 2 amide bonds. The molecule has 2 aromatic rings. The zero-order valence-corrected chi connectivity index (χ0v) is 21.1. The first kappa shape index (κ1) is 25.8. The maximum atomic E-state index is 13.2. The fraction of sp³-hybridized carbons (Fsp3) is 0.364. The van der Waals surface area contributed by atoms with Gasteiger partial charge in [0.15, 0.2) is 6.61 Å². The van der Waals surface area contributed by atoms with Crippen molar-refractivity contribution in [3.05, 3.63) is 61.5 Å². The standard InChI is InChI=1S/C22H24BrCl3N2O3/c1-3-9-27-22(30)19(4-2)28(12-14-5-7-16(24)11-17(14)25)21(29)13-31-20-8-6-15(23)10-18(20)26/h5-8,10-11,19H,3-4,9,12-13H2,1-2H3,(H,27,30)/t19-/m0/s1. The van der Waals surface area contributed by atoms with E-state index >= 15 is 0 Å². The fourth-order valence-electron chi connectivity index (χ4n) is 2.93. The highest BCUT2D eigenvalue weighted by molar-refractivity contribution is 9.10. The molecule has 31 heavy (non-hydrogen) atoms. The number of nitrogens with one attached hydrogen (secondary N) is 1. The Kier molecular flexibility index (Phi) is 10.4. The minimum atomic E-state index is -0.671. The van der Waals surface area contributed by atoms with Crippen LogP contribution in [-0.4, -0.2) is 35.9 Å². The number of hydrogen-bond donors (Lipinski definition) is 1. The molecule has 0 saturated heterocycles. The SMILES string of the molecule is CCCNC(=O)[C@H](CC)N(Cc1ccc(Cl)cc1Cl)C(=O)COc1ccc(Br)cc1Cl. The lowest BCUT2D eigenvalue weighted by atomic mass is 10.1. The van der Waals surface area contributed by atoms with Crippen molar-refractivity contribution in [1.29, 1.82) is 0 Å². The molecule has 0 bridgehead atoms. The molecule has 0 aromatic heterocycles. The van der Waals surface area contributed by atoms with Crippen molar-refractivity contribution in [3.63, 3.8) is 0 Å². The number of hydrogen-bond acceptors (Lipinski definition) is 3. The molecule has 5 nitrogen and oxygen atoms in total. The molecule has 0 saturated carbocycles. The van der Waals surface area contributed by atoms with Crippen molar-refractivity contribution >= 4 is 62.5 Å². The number of rotatable bonds is 10. The van der Waals surface area contributed by atoms with Crippen molar-refractivity contribution in [2.45, 2.75) is 39.3 Å². The molecule has 0 radical (unpaired) electrons. The van der Waals surface area contributed by atoms with Gasteiger partial charge in [0, 0.05) is 27.6 Å². The minimum absolute atomic E-state index is 0.143. The van der Waals surface area contributed by atoms with Gasteiger partial charge in [-0.05, 0) is 48.7 Å². The number of benzene rings is 2. The van der Waals surface area contributed by atoms with Gasteiger partial charge in [-0.1, -0.05) is 70.6 Å². The van der Waals surface area contributed by atoms with Crippen LogP contribution < -0.4 is 10.1 Å². The highest BCUT2D eigenvalue weighted by Crippen LogP contribution is 2.28. The van der Waals surface area contributed by atoms with Crippen LogP contribution in [0.5, 0.6) is 5.75 Å². The zero-order chi connectivity index (χ0) is 23.0. The first-order valence-corrected chi connectivity index (χ1v) is 11.8. The molecule has 1 atom stereocenters. The Morgan fingerprint density at radius 1 is 1.10 bits per heavy atom. The Morgan fingerprint density at radius 2 is 1.84 bits per heavy atom. The van der Waals surface area contributed by atoms with Crippen molar-refractivity contribution in [1.82, 2.24) is 10.2 Å². The number of carbonyl (C=O) groups excluding carboxylic acids is 2. The summed E-state index contributed by atoms with van der Waals surface area (Å²) in [4.78, 5) is 27.4. The summed E-state index contributed by atoms with van der Waals surface area (Å²) in [6.07, 6.45) is 1.23. The molecule has 1 N–H and O–H groups in total. The molecule has 0 heterocycles. The molecule has 168 valence electrons. The monoisotopic (exact) mass is 548 g/mol. The van der Waals surface area contributed by atoms with E-state index in [4.69, 9.17) is 39.5 Å². The number of ether oxygens (including phenoxy) is 1. The van der Waals surface area contributed by atoms with E-state index in [2.05, 4.69) is 21.2 Å². The van der Waals surface area contributed by atoms with E-state index in [9.17, 15) is 9.59 Å². The van der Waals surface area contributed by atoms with Gasteiger partial charge >= 0.3 is 0 Å². The Morgan fingerprint density at radius 3 is 2.45 bits per heavy atom. The Labute approximate surface area is 206 Å². The van der Waals surface area contributed by atoms with Crippen LogP contribution in [0, 0.1) is 0 Å². The van der Waals surface area contributed by atoms with Crippen LogP contribution in [0.1, 0.15) is 32.3 Å². The van der Waals surface area contributed by atoms with Crippen LogP contribution in [0.4, 0.5) is 0 Å². The summed E-state index contributed by atoms with van der Waals surface area (Å²) >= 11 is 21.8. The molecule has 9 heteroatoms. The molecule has 0 spiro atoms. The smallest absolute Gasteiger partial charge is 0.261 e. The second-order valence-electron chi connectivity index (χ2n) is 6.84. The van der Waals surface area contributed by atoms with Crippen LogP contribution in [0.15, 0.2) is 40.9 Å². The van der Waals surface area contributed by atoms with Crippen molar-refractivity contribution < 1.29 is 14.3 Å². The van der Waals surface area contributed by atoms with E-state index in [1.165, 1.54) is 4.90 Å². The molecule has 2 aromatic carbocycles. The Hall–Kier alpha value is -1.47. The first-order valence-electron chi connectivity index (χ1n) is 9.85.